The van der Waals surface area contributed by atoms with Gasteiger partial charge >= 0.3 is 0 Å². The van der Waals surface area contributed by atoms with Crippen molar-refractivity contribution in [2.45, 2.75) is 0 Å². The second-order valence-corrected chi connectivity index (χ2v) is 0. The molecule has 0 unspecified atom stereocenters. The summed E-state index contributed by atoms with van der Waals surface area (Å²) in [6, 6.07) is 0. The van der Waals surface area contributed by atoms with E-state index < -0.39 is 0 Å². The second kappa shape index (κ2) is 30.1. The Hall–Kier alpha value is 1.19. The maximum Gasteiger partial charge on any atom is 3.00 e. The van der Waals surface area contributed by atoms with E-state index in [1.54, 1.807) is 0 Å². The summed E-state index contributed by atoms with van der Waals surface area (Å²) in [5.74, 6) is 0. The van der Waals surface area contributed by atoms with Gasteiger partial charge in [-0.05, 0) is 0 Å². The van der Waals surface area contributed by atoms with Gasteiger partial charge in [-0.1, -0.05) is 0 Å². The summed E-state index contributed by atoms with van der Waals surface area (Å²) in [7, 11) is 0. The summed E-state index contributed by atoms with van der Waals surface area (Å²) in [4.78, 5) is 0. The molecule has 0 aromatic carbocycles. The van der Waals surface area contributed by atoms with Crippen LogP contribution in [0.25, 0.3) is 0 Å². The van der Waals surface area contributed by atoms with Crippen molar-refractivity contribution in [1.29, 1.82) is 0 Å². The fraction of sp³-hybridized carbons (Fsp3) is 0. The predicted molar refractivity (Wildman–Crippen MR) is 0 cm³/mol. The average molecular weight is 633 g/mol. The second-order valence-electron chi connectivity index (χ2n) is 0. The van der Waals surface area contributed by atoms with Crippen LogP contribution in [0.15, 0.2) is 0 Å². The molecule has 0 atom stereocenters. The van der Waals surface area contributed by atoms with Crippen LogP contribution in [-0.2, 0) is 0 Å². The molecule has 0 rings (SSSR count). The summed E-state index contributed by atoms with van der Waals surface area (Å²) in [5, 5.41) is 0. The normalized spacial score (nSPS) is 0. The third-order valence-electron chi connectivity index (χ3n) is 0. The number of hydrogen-bond acceptors (Lipinski definition) is 0. The van der Waals surface area contributed by atoms with E-state index in [2.05, 4.69) is 0 Å². The maximum absolute atomic E-state index is 0. The van der Waals surface area contributed by atoms with Crippen LogP contribution in [0.2, 0.25) is 0 Å². The molecule has 0 aliphatic carbocycles. The van der Waals surface area contributed by atoms with Crippen molar-refractivity contribution >= 4 is 0 Å². The molecule has 0 heterocycles. The van der Waals surface area contributed by atoms with Gasteiger partial charge in [0.1, 0.15) is 0 Å². The Kier molecular flexibility index (Phi) is 484. The first kappa shape index (κ1) is 64.3. The molecule has 0 spiro atoms. The summed E-state index contributed by atoms with van der Waals surface area (Å²) >= 11 is 0. The Labute approximate surface area is 70.8 Å². The molecule has 4 heteroatoms. The molecule has 0 aliphatic rings. The van der Waals surface area contributed by atoms with Gasteiger partial charge in [0.05, 0.1) is 0 Å². The van der Waals surface area contributed by atoms with E-state index in [9.17, 15) is 0 Å². The van der Waals surface area contributed by atoms with Crippen LogP contribution in [0, 0.1) is 0 Å². The summed E-state index contributed by atoms with van der Waals surface area (Å²) < 4.78 is 0. The van der Waals surface area contributed by atoms with E-state index in [0.717, 1.165) is 0 Å². The Morgan fingerprint density at radius 3 is 0.500 bits per heavy atom. The molecule has 0 saturated heterocycles. The first-order valence-corrected chi connectivity index (χ1v) is 0. The minimum atomic E-state index is 0. The van der Waals surface area contributed by atoms with Crippen LogP contribution in [0.1, 0.15) is 0 Å². The topological polar surface area (TPSA) is 0 Å². The summed E-state index contributed by atoms with van der Waals surface area (Å²) in [6.07, 6.45) is 0. The first-order valence-electron chi connectivity index (χ1n) is 0. The van der Waals surface area contributed by atoms with Gasteiger partial charge in [0.25, 0.3) is 0 Å². The molecule has 0 radical (unpaired) electrons. The molecule has 4 heavy (non-hydrogen) atoms. The Bertz CT molecular complexity index is 3.25. The van der Waals surface area contributed by atoms with Crippen molar-refractivity contribution in [3.05, 3.63) is 0 Å². The third kappa shape index (κ3) is 10.8. The summed E-state index contributed by atoms with van der Waals surface area (Å²) in [5.41, 5.74) is 0. The number of rotatable bonds is 0. The SMILES string of the molecule is [Es+3].[I-].[I-].[I-]. The van der Waals surface area contributed by atoms with Crippen LogP contribution in [0.3, 0.4) is 0 Å². The van der Waals surface area contributed by atoms with Crippen LogP contribution >= 0.6 is 0 Å². The molecule has 0 aromatic heterocycles. The fourth-order valence-corrected chi connectivity index (χ4v) is 0. The van der Waals surface area contributed by atoms with Gasteiger partial charge in [-0.3, -0.25) is 0 Å². The Morgan fingerprint density at radius 2 is 0.500 bits per heavy atom. The first-order chi connectivity index (χ1) is 0. The van der Waals surface area contributed by atoms with Crippen LogP contribution in [-0.4, -0.2) is 0 Å². The zero-order valence-corrected chi connectivity index (χ0v) is 10.4. The van der Waals surface area contributed by atoms with Crippen molar-refractivity contribution < 1.29 is 71.9 Å². The molecule has 0 aliphatic heterocycles. The van der Waals surface area contributed by atoms with Crippen LogP contribution in [0.4, 0.5) is 0 Å². The van der Waals surface area contributed by atoms with Gasteiger partial charge in [-0.25, -0.2) is 0 Å². The van der Waals surface area contributed by atoms with Crippen molar-refractivity contribution in [3.63, 3.8) is 0 Å². The molecule has 0 fully saturated rings. The van der Waals surface area contributed by atoms with E-state index in [1.807, 2.05) is 0 Å². The van der Waals surface area contributed by atoms with Crippen LogP contribution < -0.4 is 71.9 Å². The van der Waals surface area contributed by atoms with Crippen molar-refractivity contribution in [2.24, 2.45) is 0 Å². The molecular weight excluding hydrogens is 633 g/mol. The van der Waals surface area contributed by atoms with E-state index in [4.69, 9.17) is 0 Å². The maximum atomic E-state index is 0. The molecule has 32 valence electrons. The monoisotopic (exact) mass is 633 g/mol. The zero-order chi connectivity index (χ0) is 0. The van der Waals surface area contributed by atoms with Crippen molar-refractivity contribution in [2.75, 3.05) is 0 Å². The molecule has 0 N–H and O–H groups in total. The summed E-state index contributed by atoms with van der Waals surface area (Å²) in [6.45, 7) is 0. The van der Waals surface area contributed by atoms with E-state index in [1.165, 1.54) is 0 Å². The zero-order valence-electron chi connectivity index (χ0n) is 1.44. The minimum Gasteiger partial charge on any atom is -1.00 e. The quantitative estimate of drug-likeness (QED) is 0.233. The predicted octanol–water partition coefficient (Wildman–Crippen LogP) is -8.99. The fourth-order valence-electron chi connectivity index (χ4n) is 0. The van der Waals surface area contributed by atoms with Gasteiger partial charge in [0.15, 0.2) is 0 Å². The average Bonchev–Trinajstić information content (AvgIpc) is 0. The van der Waals surface area contributed by atoms with Crippen LogP contribution in [0.5, 0.6) is 0 Å². The Balaban J connectivity index is 0. The molecule has 0 aromatic rings. The van der Waals surface area contributed by atoms with Crippen molar-refractivity contribution in [3.8, 4) is 0 Å². The molecular formula is EsI3. The minimum absolute atomic E-state index is 0. The van der Waals surface area contributed by atoms with Gasteiger partial charge < -0.3 is 71.9 Å². The smallest absolute Gasteiger partial charge is 1.00 e. The standard InChI is InChI=1S/Es.3HI/h;3*1H/q+3;;;/p-3. The number of hydrogen-bond donors (Lipinski definition) is 0. The molecule has 0 nitrogen and oxygen atoms in total. The molecule has 0 bridgehead atoms. The van der Waals surface area contributed by atoms with E-state index in [-0.39, 0.29) is 71.9 Å². The van der Waals surface area contributed by atoms with E-state index in [0.29, 0.717) is 0 Å². The third-order valence-corrected chi connectivity index (χ3v) is 0. The van der Waals surface area contributed by atoms with Gasteiger partial charge in [-0.2, -0.15) is 0 Å². The Morgan fingerprint density at radius 1 is 0.500 bits per heavy atom. The van der Waals surface area contributed by atoms with Gasteiger partial charge in [-0.15, -0.1) is 0 Å². The molecule has 0 amide bonds. The van der Waals surface area contributed by atoms with Gasteiger partial charge in [0.2, 0.25) is 0 Å². The van der Waals surface area contributed by atoms with E-state index >= 15 is 0 Å². The van der Waals surface area contributed by atoms with Gasteiger partial charge in [0, 0.05) is 0 Å². The molecule has 0 saturated carbocycles. The largest absolute Gasteiger partial charge is 3.00 e. The van der Waals surface area contributed by atoms with Crippen molar-refractivity contribution in [1.82, 2.24) is 0 Å². The number of halogens is 3.